The highest BCUT2D eigenvalue weighted by Gasteiger charge is 2.22. The van der Waals surface area contributed by atoms with E-state index in [0.717, 1.165) is 44.9 Å². The standard InChI is InChI=1S/C55H105NO4/c1-3-5-7-9-11-13-15-17-19-20-21-22-23-24-25-26-27-28-29-30-31-32-33-34-35-36-38-40-42-44-46-48-50-54(59)55(60)56-52(51-57)53(58)49-47-45-43-41-39-37-18-16-14-12-10-8-6-4-2/h14,16,39,41,47,49,52-54,57-59H,3-13,15,17-38,40,42-46,48,50-51H2,1-2H3,(H,56,60)/b16-14+,41-39+,49-47+. The van der Waals surface area contributed by atoms with E-state index in [1.165, 1.54) is 218 Å². The first-order valence-corrected chi connectivity index (χ1v) is 26.8. The van der Waals surface area contributed by atoms with Gasteiger partial charge in [-0.2, -0.15) is 0 Å². The van der Waals surface area contributed by atoms with E-state index < -0.39 is 24.2 Å². The summed E-state index contributed by atoms with van der Waals surface area (Å²) in [6.07, 6.45) is 65.2. The number of allylic oxidation sites excluding steroid dienone is 5. The van der Waals surface area contributed by atoms with E-state index in [4.69, 9.17) is 0 Å². The van der Waals surface area contributed by atoms with Crippen molar-refractivity contribution in [3.8, 4) is 0 Å². The Morgan fingerprint density at radius 3 is 1.02 bits per heavy atom. The zero-order chi connectivity index (χ0) is 43.7. The van der Waals surface area contributed by atoms with Crippen molar-refractivity contribution in [3.63, 3.8) is 0 Å². The molecule has 60 heavy (non-hydrogen) atoms. The molecule has 4 N–H and O–H groups in total. The van der Waals surface area contributed by atoms with E-state index in [2.05, 4.69) is 43.5 Å². The number of hydrogen-bond donors (Lipinski definition) is 4. The summed E-state index contributed by atoms with van der Waals surface area (Å²) in [5.74, 6) is -0.514. The average molecular weight is 844 g/mol. The third-order valence-corrected chi connectivity index (χ3v) is 12.5. The van der Waals surface area contributed by atoms with Gasteiger partial charge in [0.05, 0.1) is 18.8 Å². The van der Waals surface area contributed by atoms with Crippen molar-refractivity contribution in [3.05, 3.63) is 36.5 Å². The van der Waals surface area contributed by atoms with Gasteiger partial charge in [-0.1, -0.05) is 275 Å². The highest BCUT2D eigenvalue weighted by molar-refractivity contribution is 5.80. The van der Waals surface area contributed by atoms with Crippen molar-refractivity contribution in [1.82, 2.24) is 5.32 Å². The molecule has 0 radical (unpaired) electrons. The van der Waals surface area contributed by atoms with Gasteiger partial charge in [0.1, 0.15) is 6.10 Å². The van der Waals surface area contributed by atoms with Gasteiger partial charge in [0, 0.05) is 0 Å². The lowest BCUT2D eigenvalue weighted by atomic mass is 10.0. The molecule has 0 aromatic carbocycles. The quantitative estimate of drug-likeness (QED) is 0.0363. The second-order valence-corrected chi connectivity index (χ2v) is 18.4. The molecule has 0 fully saturated rings. The molecule has 0 aliphatic rings. The average Bonchev–Trinajstić information content (AvgIpc) is 3.25. The molecule has 0 aromatic heterocycles. The molecular weight excluding hydrogens is 739 g/mol. The second kappa shape index (κ2) is 50.2. The second-order valence-electron chi connectivity index (χ2n) is 18.4. The van der Waals surface area contributed by atoms with Crippen LogP contribution in [-0.2, 0) is 4.79 Å². The Labute approximate surface area is 374 Å². The number of amides is 1. The van der Waals surface area contributed by atoms with Gasteiger partial charge in [-0.3, -0.25) is 4.79 Å². The van der Waals surface area contributed by atoms with E-state index in [0.29, 0.717) is 6.42 Å². The van der Waals surface area contributed by atoms with Gasteiger partial charge in [0.25, 0.3) is 0 Å². The molecular formula is C55H105NO4. The molecule has 0 saturated heterocycles. The van der Waals surface area contributed by atoms with Gasteiger partial charge < -0.3 is 20.6 Å². The summed E-state index contributed by atoms with van der Waals surface area (Å²) in [7, 11) is 0. The van der Waals surface area contributed by atoms with Gasteiger partial charge in [0.2, 0.25) is 5.91 Å². The molecule has 3 unspecified atom stereocenters. The van der Waals surface area contributed by atoms with Crippen LogP contribution in [0.2, 0.25) is 0 Å². The number of aliphatic hydroxyl groups excluding tert-OH is 3. The summed E-state index contributed by atoms with van der Waals surface area (Å²) >= 11 is 0. The maximum absolute atomic E-state index is 12.5. The first kappa shape index (κ1) is 58.6. The monoisotopic (exact) mass is 844 g/mol. The highest BCUT2D eigenvalue weighted by atomic mass is 16.3. The molecule has 0 spiro atoms. The van der Waals surface area contributed by atoms with Gasteiger partial charge in [-0.25, -0.2) is 0 Å². The summed E-state index contributed by atoms with van der Waals surface area (Å²) in [5, 5.41) is 33.2. The summed E-state index contributed by atoms with van der Waals surface area (Å²) in [6.45, 7) is 4.16. The molecule has 5 heteroatoms. The third kappa shape index (κ3) is 44.6. The molecule has 354 valence electrons. The van der Waals surface area contributed by atoms with Crippen LogP contribution >= 0.6 is 0 Å². The lowest BCUT2D eigenvalue weighted by Gasteiger charge is -2.21. The summed E-state index contributed by atoms with van der Waals surface area (Å²) < 4.78 is 0. The SMILES string of the molecule is CCCCCC/C=C/CC/C=C/CC/C=C/C(O)C(CO)NC(=O)C(O)CCCCCCCCCCCCCCCCCCCCCCCCCCCCCCCCCC. The Morgan fingerprint density at radius 2 is 0.683 bits per heavy atom. The molecule has 0 rings (SSSR count). The fraction of sp³-hybridized carbons (Fsp3) is 0.873. The van der Waals surface area contributed by atoms with Gasteiger partial charge in [0.15, 0.2) is 0 Å². The van der Waals surface area contributed by atoms with Crippen molar-refractivity contribution in [2.75, 3.05) is 6.61 Å². The van der Waals surface area contributed by atoms with Crippen molar-refractivity contribution < 1.29 is 20.1 Å². The van der Waals surface area contributed by atoms with Crippen LogP contribution in [0.15, 0.2) is 36.5 Å². The van der Waals surface area contributed by atoms with Crippen LogP contribution in [0.3, 0.4) is 0 Å². The first-order valence-electron chi connectivity index (χ1n) is 26.8. The van der Waals surface area contributed by atoms with Crippen LogP contribution in [0.5, 0.6) is 0 Å². The maximum atomic E-state index is 12.5. The fourth-order valence-electron chi connectivity index (χ4n) is 8.28. The normalized spacial score (nSPS) is 13.6. The first-order chi connectivity index (χ1) is 29.6. The Balaban J connectivity index is 3.51. The zero-order valence-electron chi connectivity index (χ0n) is 40.4. The molecule has 0 aliphatic carbocycles. The minimum absolute atomic E-state index is 0.379. The third-order valence-electron chi connectivity index (χ3n) is 12.5. The summed E-state index contributed by atoms with van der Waals surface area (Å²) in [4.78, 5) is 12.5. The van der Waals surface area contributed by atoms with Crippen LogP contribution < -0.4 is 5.32 Å². The number of unbranched alkanes of at least 4 members (excludes halogenated alkanes) is 37. The predicted octanol–water partition coefficient (Wildman–Crippen LogP) is 16.3. The van der Waals surface area contributed by atoms with E-state index >= 15 is 0 Å². The van der Waals surface area contributed by atoms with Crippen LogP contribution in [0.25, 0.3) is 0 Å². The number of rotatable bonds is 49. The van der Waals surface area contributed by atoms with E-state index in [-0.39, 0.29) is 6.61 Å². The molecule has 3 atom stereocenters. The molecule has 0 heterocycles. The number of aliphatic hydroxyl groups is 3. The Bertz CT molecular complexity index is 931. The maximum Gasteiger partial charge on any atom is 0.249 e. The van der Waals surface area contributed by atoms with Crippen LogP contribution in [0, 0.1) is 0 Å². The van der Waals surface area contributed by atoms with Crippen molar-refractivity contribution in [1.29, 1.82) is 0 Å². The van der Waals surface area contributed by atoms with Gasteiger partial charge in [-0.05, 0) is 44.9 Å². The smallest absolute Gasteiger partial charge is 0.249 e. The molecule has 0 aromatic rings. The predicted molar refractivity (Wildman–Crippen MR) is 264 cm³/mol. The zero-order valence-corrected chi connectivity index (χ0v) is 40.4. The van der Waals surface area contributed by atoms with Crippen molar-refractivity contribution >= 4 is 5.91 Å². The van der Waals surface area contributed by atoms with E-state index in [1.54, 1.807) is 6.08 Å². The van der Waals surface area contributed by atoms with E-state index in [1.807, 2.05) is 6.08 Å². The number of carbonyl (C=O) groups is 1. The van der Waals surface area contributed by atoms with Crippen molar-refractivity contribution in [2.45, 2.75) is 302 Å². The van der Waals surface area contributed by atoms with Crippen molar-refractivity contribution in [2.24, 2.45) is 0 Å². The van der Waals surface area contributed by atoms with Crippen LogP contribution in [-0.4, -0.2) is 46.1 Å². The Kier molecular flexibility index (Phi) is 49.0. The fourth-order valence-corrected chi connectivity index (χ4v) is 8.28. The van der Waals surface area contributed by atoms with Crippen LogP contribution in [0.1, 0.15) is 284 Å². The number of hydrogen-bond acceptors (Lipinski definition) is 4. The Hall–Kier alpha value is -1.43. The topological polar surface area (TPSA) is 89.8 Å². The molecule has 1 amide bonds. The minimum Gasteiger partial charge on any atom is -0.394 e. The highest BCUT2D eigenvalue weighted by Crippen LogP contribution is 2.17. The van der Waals surface area contributed by atoms with E-state index in [9.17, 15) is 20.1 Å². The lowest BCUT2D eigenvalue weighted by molar-refractivity contribution is -0.131. The Morgan fingerprint density at radius 1 is 0.400 bits per heavy atom. The van der Waals surface area contributed by atoms with Crippen LogP contribution in [0.4, 0.5) is 0 Å². The van der Waals surface area contributed by atoms with Gasteiger partial charge in [-0.15, -0.1) is 0 Å². The molecule has 0 bridgehead atoms. The number of nitrogens with one attached hydrogen (secondary N) is 1. The molecule has 5 nitrogen and oxygen atoms in total. The summed E-state index contributed by atoms with van der Waals surface area (Å²) in [5.41, 5.74) is 0. The largest absolute Gasteiger partial charge is 0.394 e. The molecule has 0 aliphatic heterocycles. The minimum atomic E-state index is -1.11. The van der Waals surface area contributed by atoms with Gasteiger partial charge >= 0.3 is 0 Å². The summed E-state index contributed by atoms with van der Waals surface area (Å²) in [6, 6.07) is -0.819. The molecule has 0 saturated carbocycles. The lowest BCUT2D eigenvalue weighted by Crippen LogP contribution is -2.48. The number of carbonyl (C=O) groups excluding carboxylic acids is 1.